The molecular weight excluding hydrogens is 276 g/mol. The summed E-state index contributed by atoms with van der Waals surface area (Å²) in [4.78, 5) is 11.1. The Morgan fingerprint density at radius 1 is 1.09 bits per heavy atom. The van der Waals surface area contributed by atoms with Gasteiger partial charge < -0.3 is 9.47 Å². The van der Waals surface area contributed by atoms with Gasteiger partial charge in [-0.05, 0) is 31.9 Å². The van der Waals surface area contributed by atoms with E-state index in [4.69, 9.17) is 9.47 Å². The van der Waals surface area contributed by atoms with Crippen molar-refractivity contribution in [2.75, 3.05) is 13.2 Å². The molecule has 1 aromatic rings. The first-order valence-corrected chi connectivity index (χ1v) is 8.25. The lowest BCUT2D eigenvalue weighted by Gasteiger charge is -2.16. The molecular formula is C19H28O3. The zero-order chi connectivity index (χ0) is 16.2. The van der Waals surface area contributed by atoms with E-state index in [1.54, 1.807) is 6.07 Å². The molecule has 0 aliphatic heterocycles. The van der Waals surface area contributed by atoms with Crippen LogP contribution in [0.5, 0.6) is 11.5 Å². The molecule has 0 spiro atoms. The second-order valence-corrected chi connectivity index (χ2v) is 5.31. The summed E-state index contributed by atoms with van der Waals surface area (Å²) in [6.07, 6.45) is 9.30. The fourth-order valence-electron chi connectivity index (χ4n) is 2.37. The molecule has 3 heteroatoms. The largest absolute Gasteiger partial charge is 0.490 e. The lowest BCUT2D eigenvalue weighted by atomic mass is 10.1. The Morgan fingerprint density at radius 3 is 2.50 bits per heavy atom. The van der Waals surface area contributed by atoms with E-state index in [-0.39, 0.29) is 0 Å². The lowest BCUT2D eigenvalue weighted by Crippen LogP contribution is -2.05. The molecule has 1 rings (SSSR count). The van der Waals surface area contributed by atoms with Crippen LogP contribution in [0.25, 0.3) is 0 Å². The van der Waals surface area contributed by atoms with E-state index in [1.807, 2.05) is 19.1 Å². The molecule has 0 fully saturated rings. The van der Waals surface area contributed by atoms with E-state index in [1.165, 1.54) is 25.7 Å². The Labute approximate surface area is 134 Å². The summed E-state index contributed by atoms with van der Waals surface area (Å²) in [6.45, 7) is 9.13. The number of hydrogen-bond acceptors (Lipinski definition) is 3. The Bertz CT molecular complexity index is 466. The standard InChI is InChI=1S/C19H28O3/c1-4-7-8-9-10-12-22-19-17(11-5-2)13-16(15-20)14-18(19)21-6-3/h5,13-15H,2,4,6-12H2,1,3H3. The molecule has 1 aromatic carbocycles. The number of carbonyl (C=O) groups excluding carboxylic acids is 1. The highest BCUT2D eigenvalue weighted by Gasteiger charge is 2.13. The van der Waals surface area contributed by atoms with Crippen LogP contribution in [0.3, 0.4) is 0 Å². The summed E-state index contributed by atoms with van der Waals surface area (Å²) in [7, 11) is 0. The zero-order valence-corrected chi connectivity index (χ0v) is 13.9. The molecule has 0 aromatic heterocycles. The lowest BCUT2D eigenvalue weighted by molar-refractivity contribution is 0.112. The number of carbonyl (C=O) groups is 1. The van der Waals surface area contributed by atoms with Crippen molar-refractivity contribution >= 4 is 6.29 Å². The Kier molecular flexibility index (Phi) is 9.04. The normalized spacial score (nSPS) is 10.3. The second-order valence-electron chi connectivity index (χ2n) is 5.31. The van der Waals surface area contributed by atoms with E-state index in [2.05, 4.69) is 13.5 Å². The molecule has 0 N–H and O–H groups in total. The minimum atomic E-state index is 0.544. The average molecular weight is 304 g/mol. The molecule has 0 heterocycles. The molecule has 0 aliphatic rings. The van der Waals surface area contributed by atoms with E-state index in [9.17, 15) is 4.79 Å². The quantitative estimate of drug-likeness (QED) is 0.310. The van der Waals surface area contributed by atoms with Gasteiger partial charge in [0.25, 0.3) is 0 Å². The van der Waals surface area contributed by atoms with Gasteiger partial charge in [-0.1, -0.05) is 38.7 Å². The summed E-state index contributed by atoms with van der Waals surface area (Å²) in [6, 6.07) is 3.60. The molecule has 0 amide bonds. The SMILES string of the molecule is C=CCc1cc(C=O)cc(OCC)c1OCCCCCCC. The third-order valence-electron chi connectivity index (χ3n) is 3.45. The van der Waals surface area contributed by atoms with Crippen molar-refractivity contribution in [2.24, 2.45) is 0 Å². The van der Waals surface area contributed by atoms with E-state index in [0.29, 0.717) is 30.9 Å². The molecule has 0 radical (unpaired) electrons. The van der Waals surface area contributed by atoms with Crippen molar-refractivity contribution in [3.05, 3.63) is 35.9 Å². The van der Waals surface area contributed by atoms with Crippen LogP contribution in [-0.4, -0.2) is 19.5 Å². The minimum absolute atomic E-state index is 0.544. The maximum Gasteiger partial charge on any atom is 0.164 e. The predicted molar refractivity (Wildman–Crippen MR) is 91.2 cm³/mol. The van der Waals surface area contributed by atoms with Crippen LogP contribution in [0.2, 0.25) is 0 Å². The van der Waals surface area contributed by atoms with Gasteiger partial charge in [-0.15, -0.1) is 6.58 Å². The van der Waals surface area contributed by atoms with E-state index < -0.39 is 0 Å². The number of rotatable bonds is 12. The number of aldehydes is 1. The van der Waals surface area contributed by atoms with Gasteiger partial charge in [0.15, 0.2) is 11.5 Å². The molecule has 0 aliphatic carbocycles. The van der Waals surface area contributed by atoms with Crippen molar-refractivity contribution in [3.63, 3.8) is 0 Å². The highest BCUT2D eigenvalue weighted by molar-refractivity contribution is 5.77. The third kappa shape index (κ3) is 5.92. The van der Waals surface area contributed by atoms with Crippen molar-refractivity contribution in [1.29, 1.82) is 0 Å². The van der Waals surface area contributed by atoms with Crippen LogP contribution in [0, 0.1) is 0 Å². The first-order chi connectivity index (χ1) is 10.8. The van der Waals surface area contributed by atoms with Gasteiger partial charge in [0.05, 0.1) is 13.2 Å². The third-order valence-corrected chi connectivity index (χ3v) is 3.45. The average Bonchev–Trinajstić information content (AvgIpc) is 2.52. The Balaban J connectivity index is 2.79. The molecule has 0 unspecified atom stereocenters. The van der Waals surface area contributed by atoms with Crippen molar-refractivity contribution < 1.29 is 14.3 Å². The fraction of sp³-hybridized carbons (Fsp3) is 0.526. The fourth-order valence-corrected chi connectivity index (χ4v) is 2.37. The van der Waals surface area contributed by atoms with Gasteiger partial charge >= 0.3 is 0 Å². The summed E-state index contributed by atoms with van der Waals surface area (Å²) in [5.41, 5.74) is 1.56. The minimum Gasteiger partial charge on any atom is -0.490 e. The molecule has 22 heavy (non-hydrogen) atoms. The maximum atomic E-state index is 11.1. The summed E-state index contributed by atoms with van der Waals surface area (Å²) in [5, 5.41) is 0. The van der Waals surface area contributed by atoms with Crippen LogP contribution in [-0.2, 0) is 6.42 Å². The Hall–Kier alpha value is -1.77. The molecule has 122 valence electrons. The number of benzene rings is 1. The predicted octanol–water partition coefficient (Wildman–Crippen LogP) is 4.98. The second kappa shape index (κ2) is 10.9. The first kappa shape index (κ1) is 18.3. The van der Waals surface area contributed by atoms with E-state index >= 15 is 0 Å². The molecule has 3 nitrogen and oxygen atoms in total. The number of allylic oxidation sites excluding steroid dienone is 1. The molecule has 0 bridgehead atoms. The zero-order valence-electron chi connectivity index (χ0n) is 13.9. The topological polar surface area (TPSA) is 35.5 Å². The van der Waals surface area contributed by atoms with Crippen molar-refractivity contribution in [3.8, 4) is 11.5 Å². The highest BCUT2D eigenvalue weighted by Crippen LogP contribution is 2.33. The summed E-state index contributed by atoms with van der Waals surface area (Å²) >= 11 is 0. The van der Waals surface area contributed by atoms with Crippen molar-refractivity contribution in [1.82, 2.24) is 0 Å². The van der Waals surface area contributed by atoms with E-state index in [0.717, 1.165) is 24.0 Å². The van der Waals surface area contributed by atoms with Gasteiger partial charge in [0.2, 0.25) is 0 Å². The van der Waals surface area contributed by atoms with Crippen molar-refractivity contribution in [2.45, 2.75) is 52.4 Å². The smallest absolute Gasteiger partial charge is 0.164 e. The van der Waals surface area contributed by atoms with Gasteiger partial charge in [0.1, 0.15) is 6.29 Å². The summed E-state index contributed by atoms with van der Waals surface area (Å²) in [5.74, 6) is 1.40. The van der Waals surface area contributed by atoms with Gasteiger partial charge in [0, 0.05) is 11.1 Å². The van der Waals surface area contributed by atoms with Gasteiger partial charge in [-0.3, -0.25) is 4.79 Å². The monoisotopic (exact) mass is 304 g/mol. The number of ether oxygens (including phenoxy) is 2. The van der Waals surface area contributed by atoms with Crippen LogP contribution >= 0.6 is 0 Å². The molecule has 0 atom stereocenters. The van der Waals surface area contributed by atoms with Crippen LogP contribution in [0.4, 0.5) is 0 Å². The first-order valence-electron chi connectivity index (χ1n) is 8.25. The molecule has 0 saturated heterocycles. The summed E-state index contributed by atoms with van der Waals surface area (Å²) < 4.78 is 11.6. The van der Waals surface area contributed by atoms with Gasteiger partial charge in [-0.25, -0.2) is 0 Å². The maximum absolute atomic E-state index is 11.1. The Morgan fingerprint density at radius 2 is 1.86 bits per heavy atom. The van der Waals surface area contributed by atoms with Crippen LogP contribution in [0.1, 0.15) is 61.9 Å². The number of hydrogen-bond donors (Lipinski definition) is 0. The molecule has 0 saturated carbocycles. The number of unbranched alkanes of at least 4 members (excludes halogenated alkanes) is 4. The van der Waals surface area contributed by atoms with Crippen LogP contribution < -0.4 is 9.47 Å². The van der Waals surface area contributed by atoms with Crippen LogP contribution in [0.15, 0.2) is 24.8 Å². The highest BCUT2D eigenvalue weighted by atomic mass is 16.5. The van der Waals surface area contributed by atoms with Gasteiger partial charge in [-0.2, -0.15) is 0 Å².